The first kappa shape index (κ1) is 26.0. The van der Waals surface area contributed by atoms with Crippen LogP contribution in [0.2, 0.25) is 0 Å². The van der Waals surface area contributed by atoms with Crippen LogP contribution in [0.4, 0.5) is 27.8 Å². The molecular weight excluding hydrogens is 501 g/mol. The van der Waals surface area contributed by atoms with Gasteiger partial charge in [0, 0.05) is 6.54 Å². The van der Waals surface area contributed by atoms with E-state index >= 15 is 0 Å². The van der Waals surface area contributed by atoms with Gasteiger partial charge in [0.15, 0.2) is 10.7 Å². The lowest BCUT2D eigenvalue weighted by atomic mass is 9.90. The van der Waals surface area contributed by atoms with Crippen LogP contribution in [0, 0.1) is 35.0 Å². The number of ether oxygens (including phenoxy) is 1. The molecule has 0 unspecified atom stereocenters. The van der Waals surface area contributed by atoms with Crippen LogP contribution in [0.15, 0.2) is 30.3 Å². The Bertz CT molecular complexity index is 1200. The lowest BCUT2D eigenvalue weighted by Crippen LogP contribution is -2.33. The maximum Gasteiger partial charge on any atom is 0.357 e. The molecule has 36 heavy (non-hydrogen) atoms. The number of carbonyl (C=O) groups is 1. The van der Waals surface area contributed by atoms with E-state index in [1.54, 1.807) is 6.92 Å². The van der Waals surface area contributed by atoms with Gasteiger partial charge in [-0.05, 0) is 50.8 Å². The Kier molecular flexibility index (Phi) is 8.20. The maximum absolute atomic E-state index is 14.0. The number of halogens is 5. The SMILES string of the molecule is CCNc1nc(CN2CCC(Cc3ccccc3)CC2)sc1C(=O)Oc1c(F)c(F)c(F)c(F)c1F. The third-order valence-electron chi connectivity index (χ3n) is 6.00. The van der Waals surface area contributed by atoms with Crippen molar-refractivity contribution in [2.75, 3.05) is 25.0 Å². The minimum absolute atomic E-state index is 0.116. The summed E-state index contributed by atoms with van der Waals surface area (Å²) in [6.45, 7) is 4.29. The van der Waals surface area contributed by atoms with Crippen molar-refractivity contribution in [1.29, 1.82) is 0 Å². The zero-order chi connectivity index (χ0) is 25.8. The Morgan fingerprint density at radius 3 is 2.25 bits per heavy atom. The molecule has 0 bridgehead atoms. The van der Waals surface area contributed by atoms with Crippen molar-refractivity contribution in [3.8, 4) is 5.75 Å². The fourth-order valence-electron chi connectivity index (χ4n) is 4.16. The first-order valence-electron chi connectivity index (χ1n) is 11.5. The number of nitrogens with one attached hydrogen (secondary N) is 1. The number of hydrogen-bond acceptors (Lipinski definition) is 6. The highest BCUT2D eigenvalue weighted by Gasteiger charge is 2.31. The third-order valence-corrected chi connectivity index (χ3v) is 7.02. The molecular formula is C25H24F5N3O2S. The molecule has 0 atom stereocenters. The second-order valence-electron chi connectivity index (χ2n) is 8.51. The van der Waals surface area contributed by atoms with Gasteiger partial charge in [0.2, 0.25) is 34.8 Å². The van der Waals surface area contributed by atoms with Crippen LogP contribution in [-0.2, 0) is 13.0 Å². The summed E-state index contributed by atoms with van der Waals surface area (Å²) in [6, 6.07) is 10.3. The predicted molar refractivity (Wildman–Crippen MR) is 126 cm³/mol. The van der Waals surface area contributed by atoms with Gasteiger partial charge in [0.1, 0.15) is 5.01 Å². The second-order valence-corrected chi connectivity index (χ2v) is 9.60. The minimum atomic E-state index is -2.33. The summed E-state index contributed by atoms with van der Waals surface area (Å²) in [6.07, 6.45) is 3.04. The van der Waals surface area contributed by atoms with Gasteiger partial charge in [-0.3, -0.25) is 4.90 Å². The molecule has 11 heteroatoms. The number of aromatic nitrogens is 1. The monoisotopic (exact) mass is 525 g/mol. The average Bonchev–Trinajstić information content (AvgIpc) is 3.28. The summed E-state index contributed by atoms with van der Waals surface area (Å²) >= 11 is 0.951. The highest BCUT2D eigenvalue weighted by molar-refractivity contribution is 7.14. The standard InChI is InChI=1S/C25H24F5N3O2S/c1-2-31-24-23(25(34)35-22-20(29)18(27)17(26)19(28)21(22)30)36-16(32-24)13-33-10-8-15(9-11-33)12-14-6-4-3-5-7-14/h3-7,15,31H,2,8-13H2,1H3. The molecule has 0 amide bonds. The van der Waals surface area contributed by atoms with Gasteiger partial charge in [-0.1, -0.05) is 30.3 Å². The van der Waals surface area contributed by atoms with E-state index in [1.165, 1.54) is 5.56 Å². The molecule has 0 spiro atoms. The fourth-order valence-corrected chi connectivity index (χ4v) is 5.12. The van der Waals surface area contributed by atoms with Gasteiger partial charge >= 0.3 is 5.97 Å². The fraction of sp³-hybridized carbons (Fsp3) is 0.360. The molecule has 4 rings (SSSR count). The van der Waals surface area contributed by atoms with Crippen molar-refractivity contribution >= 4 is 23.1 Å². The van der Waals surface area contributed by atoms with Crippen molar-refractivity contribution in [2.24, 2.45) is 5.92 Å². The lowest BCUT2D eigenvalue weighted by Gasteiger charge is -2.31. The highest BCUT2D eigenvalue weighted by atomic mass is 32.1. The molecule has 3 aromatic rings. The zero-order valence-corrected chi connectivity index (χ0v) is 20.2. The minimum Gasteiger partial charge on any atom is -0.416 e. The Morgan fingerprint density at radius 2 is 1.64 bits per heavy atom. The van der Waals surface area contributed by atoms with Gasteiger partial charge in [-0.15, -0.1) is 11.3 Å². The van der Waals surface area contributed by atoms with E-state index in [-0.39, 0.29) is 10.7 Å². The molecule has 0 radical (unpaired) electrons. The van der Waals surface area contributed by atoms with Crippen molar-refractivity contribution in [2.45, 2.75) is 32.7 Å². The Morgan fingerprint density at radius 1 is 1.03 bits per heavy atom. The molecule has 1 saturated heterocycles. The van der Waals surface area contributed by atoms with Crippen LogP contribution in [0.1, 0.15) is 40.0 Å². The molecule has 1 aliphatic heterocycles. The van der Waals surface area contributed by atoms with E-state index in [0.717, 1.165) is 43.7 Å². The first-order valence-corrected chi connectivity index (χ1v) is 12.3. The van der Waals surface area contributed by atoms with Crippen LogP contribution in [-0.4, -0.2) is 35.5 Å². The average molecular weight is 526 g/mol. The number of anilines is 1. The molecule has 1 aliphatic rings. The number of thiazole rings is 1. The maximum atomic E-state index is 14.0. The predicted octanol–water partition coefficient (Wildman–Crippen LogP) is 5.94. The van der Waals surface area contributed by atoms with Crippen molar-refractivity contribution < 1.29 is 31.5 Å². The van der Waals surface area contributed by atoms with Gasteiger partial charge in [0.05, 0.1) is 6.54 Å². The van der Waals surface area contributed by atoms with E-state index in [2.05, 4.69) is 32.1 Å². The second kappa shape index (κ2) is 11.3. The summed E-state index contributed by atoms with van der Waals surface area (Å²) in [7, 11) is 0. The Hall–Kier alpha value is -3.05. The molecule has 2 aromatic carbocycles. The van der Waals surface area contributed by atoms with Crippen LogP contribution in [0.25, 0.3) is 0 Å². The molecule has 1 N–H and O–H groups in total. The number of likely N-dealkylation sites (tertiary alicyclic amines) is 1. The molecule has 1 aromatic heterocycles. The lowest BCUT2D eigenvalue weighted by molar-refractivity contribution is 0.0722. The van der Waals surface area contributed by atoms with Crippen LogP contribution in [0.3, 0.4) is 0 Å². The number of piperidine rings is 1. The van der Waals surface area contributed by atoms with E-state index in [1.807, 2.05) is 18.2 Å². The van der Waals surface area contributed by atoms with Crippen LogP contribution >= 0.6 is 11.3 Å². The number of esters is 1. The summed E-state index contributed by atoms with van der Waals surface area (Å²) < 4.78 is 72.8. The number of benzene rings is 2. The largest absolute Gasteiger partial charge is 0.416 e. The summed E-state index contributed by atoms with van der Waals surface area (Å²) in [5.74, 6) is -13.3. The van der Waals surface area contributed by atoms with E-state index < -0.39 is 40.8 Å². The number of rotatable bonds is 8. The van der Waals surface area contributed by atoms with Gasteiger partial charge in [-0.25, -0.2) is 22.9 Å². The highest BCUT2D eigenvalue weighted by Crippen LogP contribution is 2.32. The molecule has 1 fully saturated rings. The summed E-state index contributed by atoms with van der Waals surface area (Å²) in [4.78, 5) is 19.2. The number of nitrogens with zero attached hydrogens (tertiary/aromatic N) is 2. The third kappa shape index (κ3) is 5.67. The molecule has 192 valence electrons. The van der Waals surface area contributed by atoms with E-state index in [9.17, 15) is 26.7 Å². The molecule has 5 nitrogen and oxygen atoms in total. The topological polar surface area (TPSA) is 54.5 Å². The van der Waals surface area contributed by atoms with Crippen LogP contribution < -0.4 is 10.1 Å². The molecule has 0 aliphatic carbocycles. The smallest absolute Gasteiger partial charge is 0.357 e. The van der Waals surface area contributed by atoms with Gasteiger partial charge < -0.3 is 10.1 Å². The zero-order valence-electron chi connectivity index (χ0n) is 19.4. The van der Waals surface area contributed by atoms with E-state index in [0.29, 0.717) is 24.0 Å². The van der Waals surface area contributed by atoms with Gasteiger partial charge in [0.25, 0.3) is 0 Å². The molecule has 2 heterocycles. The van der Waals surface area contributed by atoms with E-state index in [4.69, 9.17) is 0 Å². The molecule has 0 saturated carbocycles. The summed E-state index contributed by atoms with van der Waals surface area (Å²) in [5.41, 5.74) is 1.31. The summed E-state index contributed by atoms with van der Waals surface area (Å²) in [5, 5.41) is 3.45. The Balaban J connectivity index is 1.44. The van der Waals surface area contributed by atoms with Crippen molar-refractivity contribution in [1.82, 2.24) is 9.88 Å². The van der Waals surface area contributed by atoms with Crippen molar-refractivity contribution in [3.63, 3.8) is 0 Å². The normalized spacial score (nSPS) is 14.7. The Labute approximate surface area is 208 Å². The van der Waals surface area contributed by atoms with Crippen molar-refractivity contribution in [3.05, 3.63) is 74.9 Å². The number of hydrogen-bond donors (Lipinski definition) is 1. The van der Waals surface area contributed by atoms with Gasteiger partial charge in [-0.2, -0.15) is 8.78 Å². The number of carbonyl (C=O) groups excluding carboxylic acids is 1. The quantitative estimate of drug-likeness (QED) is 0.130. The first-order chi connectivity index (χ1) is 17.3. The van der Waals surface area contributed by atoms with Crippen LogP contribution in [0.5, 0.6) is 5.75 Å².